The minimum absolute atomic E-state index is 0.0549. The molecule has 0 aliphatic carbocycles. The molecule has 0 saturated heterocycles. The molecular formula is C27H36N4OS. The fraction of sp³-hybridized carbons (Fsp3) is 0.444. The number of thioether (sulfide) groups is 1. The maximum Gasteiger partial charge on any atom is 0.220 e. The molecule has 0 aliphatic rings. The monoisotopic (exact) mass is 464 g/mol. The largest absolute Gasteiger partial charge is 0.349 e. The summed E-state index contributed by atoms with van der Waals surface area (Å²) in [4.78, 5) is 12.6. The van der Waals surface area contributed by atoms with E-state index in [2.05, 4.69) is 110 Å². The number of benzene rings is 2. The van der Waals surface area contributed by atoms with Gasteiger partial charge in [0.2, 0.25) is 5.91 Å². The number of amides is 1. The first-order valence-corrected chi connectivity index (χ1v) is 12.6. The van der Waals surface area contributed by atoms with Gasteiger partial charge in [-0.3, -0.25) is 9.36 Å². The van der Waals surface area contributed by atoms with Gasteiger partial charge in [-0.05, 0) is 54.9 Å². The zero-order valence-corrected chi connectivity index (χ0v) is 21.5. The number of carbonyl (C=O) groups excluding carboxylic acids is 1. The molecule has 2 aromatic carbocycles. The van der Waals surface area contributed by atoms with Crippen LogP contribution in [0.15, 0.2) is 53.7 Å². The number of nitrogens with zero attached hydrogens (tertiary/aromatic N) is 3. The maximum atomic E-state index is 12.6. The molecule has 0 aliphatic heterocycles. The van der Waals surface area contributed by atoms with Crippen molar-refractivity contribution in [2.75, 3.05) is 0 Å². The highest BCUT2D eigenvalue weighted by atomic mass is 32.2. The van der Waals surface area contributed by atoms with Crippen molar-refractivity contribution in [3.8, 4) is 5.69 Å². The number of carbonyl (C=O) groups is 1. The predicted molar refractivity (Wildman–Crippen MR) is 137 cm³/mol. The van der Waals surface area contributed by atoms with Crippen LogP contribution in [0.1, 0.15) is 63.1 Å². The van der Waals surface area contributed by atoms with Gasteiger partial charge in [0.15, 0.2) is 11.0 Å². The average molecular weight is 465 g/mol. The highest BCUT2D eigenvalue weighted by molar-refractivity contribution is 7.98. The third-order valence-electron chi connectivity index (χ3n) is 5.55. The molecule has 6 heteroatoms. The Morgan fingerprint density at radius 2 is 1.76 bits per heavy atom. The molecular weight excluding hydrogens is 428 g/mol. The van der Waals surface area contributed by atoms with Gasteiger partial charge in [0.05, 0.1) is 6.54 Å². The van der Waals surface area contributed by atoms with Gasteiger partial charge >= 0.3 is 0 Å². The molecule has 5 nitrogen and oxygen atoms in total. The van der Waals surface area contributed by atoms with Crippen molar-refractivity contribution in [2.45, 2.75) is 71.8 Å². The number of aryl methyl sites for hydroxylation is 2. The van der Waals surface area contributed by atoms with Crippen LogP contribution in [-0.4, -0.2) is 20.7 Å². The SMILES string of the molecule is Cc1ccc(-n2c(CNC(=O)CC(C)CC(C)(C)C)nnc2SCc2ccccc2C)cc1. The number of hydrogen-bond donors (Lipinski definition) is 1. The van der Waals surface area contributed by atoms with Crippen LogP contribution < -0.4 is 5.32 Å². The van der Waals surface area contributed by atoms with Crippen molar-refractivity contribution in [3.05, 3.63) is 71.0 Å². The second kappa shape index (κ2) is 11.0. The van der Waals surface area contributed by atoms with Crippen molar-refractivity contribution >= 4 is 17.7 Å². The van der Waals surface area contributed by atoms with Crippen LogP contribution in [0, 0.1) is 25.2 Å². The lowest BCUT2D eigenvalue weighted by molar-refractivity contribution is -0.122. The van der Waals surface area contributed by atoms with Crippen LogP contribution in [0.25, 0.3) is 5.69 Å². The van der Waals surface area contributed by atoms with E-state index in [1.807, 2.05) is 0 Å². The van der Waals surface area contributed by atoms with Gasteiger partial charge in [-0.25, -0.2) is 0 Å². The molecule has 0 radical (unpaired) electrons. The van der Waals surface area contributed by atoms with Gasteiger partial charge in [0.1, 0.15) is 0 Å². The summed E-state index contributed by atoms with van der Waals surface area (Å²) in [6, 6.07) is 16.7. The van der Waals surface area contributed by atoms with Crippen molar-refractivity contribution < 1.29 is 4.79 Å². The predicted octanol–water partition coefficient (Wildman–Crippen LogP) is 6.26. The zero-order chi connectivity index (χ0) is 24.0. The highest BCUT2D eigenvalue weighted by Gasteiger charge is 2.19. The van der Waals surface area contributed by atoms with E-state index in [1.165, 1.54) is 16.7 Å². The van der Waals surface area contributed by atoms with Crippen molar-refractivity contribution in [3.63, 3.8) is 0 Å². The fourth-order valence-electron chi connectivity index (χ4n) is 4.06. The summed E-state index contributed by atoms with van der Waals surface area (Å²) in [5.41, 5.74) is 4.97. The summed E-state index contributed by atoms with van der Waals surface area (Å²) in [6.07, 6.45) is 1.53. The lowest BCUT2D eigenvalue weighted by Gasteiger charge is -2.22. The Morgan fingerprint density at radius 3 is 2.42 bits per heavy atom. The maximum absolute atomic E-state index is 12.6. The Bertz CT molecular complexity index is 1070. The number of hydrogen-bond acceptors (Lipinski definition) is 4. The van der Waals surface area contributed by atoms with E-state index in [1.54, 1.807) is 11.8 Å². The molecule has 1 heterocycles. The molecule has 1 aromatic heterocycles. The first kappa shape index (κ1) is 25.0. The van der Waals surface area contributed by atoms with E-state index >= 15 is 0 Å². The molecule has 0 bridgehead atoms. The molecule has 0 spiro atoms. The smallest absolute Gasteiger partial charge is 0.220 e. The minimum Gasteiger partial charge on any atom is -0.349 e. The third kappa shape index (κ3) is 7.46. The molecule has 176 valence electrons. The molecule has 3 rings (SSSR count). The topological polar surface area (TPSA) is 59.8 Å². The molecule has 1 atom stereocenters. The second-order valence-electron chi connectivity index (χ2n) is 10.1. The van der Waals surface area contributed by atoms with Crippen LogP contribution >= 0.6 is 11.8 Å². The van der Waals surface area contributed by atoms with Gasteiger partial charge in [0.25, 0.3) is 0 Å². The average Bonchev–Trinajstić information content (AvgIpc) is 3.13. The summed E-state index contributed by atoms with van der Waals surface area (Å²) in [7, 11) is 0. The van der Waals surface area contributed by atoms with E-state index in [0.29, 0.717) is 18.9 Å². The second-order valence-corrected chi connectivity index (χ2v) is 11.1. The molecule has 1 N–H and O–H groups in total. The summed E-state index contributed by atoms with van der Waals surface area (Å²) in [5.74, 6) is 1.94. The Kier molecular flexibility index (Phi) is 8.35. The summed E-state index contributed by atoms with van der Waals surface area (Å²) in [6.45, 7) is 13.3. The normalized spacial score (nSPS) is 12.5. The van der Waals surface area contributed by atoms with Gasteiger partial charge in [-0.15, -0.1) is 10.2 Å². The first-order chi connectivity index (χ1) is 15.6. The number of nitrogens with one attached hydrogen (secondary N) is 1. The number of rotatable bonds is 9. The lowest BCUT2D eigenvalue weighted by atomic mass is 9.84. The lowest BCUT2D eigenvalue weighted by Crippen LogP contribution is -2.27. The van der Waals surface area contributed by atoms with Crippen molar-refractivity contribution in [2.24, 2.45) is 11.3 Å². The summed E-state index contributed by atoms with van der Waals surface area (Å²) in [5, 5.41) is 12.8. The number of aromatic nitrogens is 3. The minimum atomic E-state index is 0.0549. The van der Waals surface area contributed by atoms with E-state index in [4.69, 9.17) is 0 Å². The molecule has 33 heavy (non-hydrogen) atoms. The van der Waals surface area contributed by atoms with E-state index in [0.717, 1.165) is 28.8 Å². The van der Waals surface area contributed by atoms with E-state index in [9.17, 15) is 4.79 Å². The molecule has 1 unspecified atom stereocenters. The first-order valence-electron chi connectivity index (χ1n) is 11.6. The van der Waals surface area contributed by atoms with Crippen LogP contribution in [0.3, 0.4) is 0 Å². The van der Waals surface area contributed by atoms with Gasteiger partial charge in [-0.2, -0.15) is 0 Å². The van der Waals surface area contributed by atoms with Crippen molar-refractivity contribution in [1.29, 1.82) is 0 Å². The quantitative estimate of drug-likeness (QED) is 0.380. The Hall–Kier alpha value is -2.60. The van der Waals surface area contributed by atoms with Gasteiger partial charge in [-0.1, -0.05) is 81.4 Å². The van der Waals surface area contributed by atoms with E-state index in [-0.39, 0.29) is 11.3 Å². The molecule has 3 aromatic rings. The third-order valence-corrected chi connectivity index (χ3v) is 6.53. The standard InChI is InChI=1S/C27H36N4OS/c1-19-11-13-23(14-12-19)31-24(17-28-25(32)15-20(2)16-27(4,5)6)29-30-26(31)33-18-22-10-8-7-9-21(22)3/h7-14,20H,15-18H2,1-6H3,(H,28,32). The molecule has 0 fully saturated rings. The highest BCUT2D eigenvalue weighted by Crippen LogP contribution is 2.27. The zero-order valence-electron chi connectivity index (χ0n) is 20.7. The van der Waals surface area contributed by atoms with E-state index < -0.39 is 0 Å². The Balaban J connectivity index is 1.75. The van der Waals surface area contributed by atoms with Crippen LogP contribution in [0.2, 0.25) is 0 Å². The molecule has 0 saturated carbocycles. The summed E-state index contributed by atoms with van der Waals surface area (Å²) < 4.78 is 2.06. The Morgan fingerprint density at radius 1 is 1.06 bits per heavy atom. The van der Waals surface area contributed by atoms with Crippen LogP contribution in [0.4, 0.5) is 0 Å². The Labute approximate surface area is 202 Å². The fourth-order valence-corrected chi connectivity index (χ4v) is 5.11. The van der Waals surface area contributed by atoms with Crippen LogP contribution in [-0.2, 0) is 17.1 Å². The van der Waals surface area contributed by atoms with Crippen LogP contribution in [0.5, 0.6) is 0 Å². The van der Waals surface area contributed by atoms with Gasteiger partial charge in [0, 0.05) is 17.9 Å². The van der Waals surface area contributed by atoms with Crippen molar-refractivity contribution in [1.82, 2.24) is 20.1 Å². The summed E-state index contributed by atoms with van der Waals surface area (Å²) >= 11 is 1.66. The molecule has 1 amide bonds. The van der Waals surface area contributed by atoms with Gasteiger partial charge < -0.3 is 5.32 Å².